The van der Waals surface area contributed by atoms with Crippen molar-refractivity contribution in [3.63, 3.8) is 0 Å². The van der Waals surface area contributed by atoms with Gasteiger partial charge in [0.15, 0.2) is 29.0 Å². The lowest BCUT2D eigenvalue weighted by atomic mass is 9.80. The number of rotatable bonds is 8. The summed E-state index contributed by atoms with van der Waals surface area (Å²) < 4.78 is 17.6. The monoisotopic (exact) mass is 649 g/mol. The molecule has 3 atom stereocenters. The number of nitrogens with two attached hydrogens (primary N) is 1. The number of alkyl halides is 2. The van der Waals surface area contributed by atoms with E-state index in [1.54, 1.807) is 19.1 Å². The third-order valence-electron chi connectivity index (χ3n) is 8.51. The van der Waals surface area contributed by atoms with Crippen molar-refractivity contribution in [2.75, 3.05) is 22.1 Å². The number of amides is 1. The highest BCUT2D eigenvalue weighted by Crippen LogP contribution is 2.47. The molecule has 1 amide bonds. The van der Waals surface area contributed by atoms with E-state index in [1.807, 2.05) is 18.2 Å². The van der Waals surface area contributed by atoms with Gasteiger partial charge in [0.2, 0.25) is 0 Å². The van der Waals surface area contributed by atoms with Crippen LogP contribution in [0.5, 0.6) is 0 Å². The van der Waals surface area contributed by atoms with Gasteiger partial charge in [-0.1, -0.05) is 59.3 Å². The summed E-state index contributed by atoms with van der Waals surface area (Å²) in [7, 11) is 0. The molecule has 39 heavy (non-hydrogen) atoms. The van der Waals surface area contributed by atoms with Crippen LogP contribution in [0.1, 0.15) is 70.2 Å². The molecule has 5 N–H and O–H groups in total. The number of fused-ring (bicyclic) bond motifs is 1. The molecule has 2 saturated carbocycles. The molecule has 0 spiro atoms. The zero-order valence-corrected chi connectivity index (χ0v) is 24.6. The third-order valence-corrected chi connectivity index (χ3v) is 9.75. The molecule has 2 heterocycles. The SMILES string of the molecule is C[C@@H](Nc1nc(/C(N)=N/C(=O)O)nc2c1N(CC1CCC(I)CC1)C(C(C)(F)c1ccccc1)N2)C1CCC1. The van der Waals surface area contributed by atoms with Gasteiger partial charge in [0.25, 0.3) is 0 Å². The lowest BCUT2D eigenvalue weighted by molar-refractivity contribution is 0.155. The van der Waals surface area contributed by atoms with Crippen LogP contribution in [0.3, 0.4) is 0 Å². The zero-order valence-electron chi connectivity index (χ0n) is 22.4. The molecular weight excluding hydrogens is 612 g/mol. The molecule has 210 valence electrons. The summed E-state index contributed by atoms with van der Waals surface area (Å²) in [6.45, 7) is 4.38. The number of carbonyl (C=O) groups is 1. The largest absolute Gasteiger partial charge is 0.463 e. The van der Waals surface area contributed by atoms with Crippen LogP contribution in [0.2, 0.25) is 0 Å². The van der Waals surface area contributed by atoms with Gasteiger partial charge in [0.05, 0.1) is 0 Å². The Bertz CT molecular complexity index is 1220. The summed E-state index contributed by atoms with van der Waals surface area (Å²) in [4.78, 5) is 26.0. The topological polar surface area (TPSA) is 129 Å². The number of nitrogens with one attached hydrogen (secondary N) is 2. The summed E-state index contributed by atoms with van der Waals surface area (Å²) in [5.41, 5.74) is 5.50. The first-order chi connectivity index (χ1) is 18.6. The maximum atomic E-state index is 16.9. The zero-order chi connectivity index (χ0) is 27.7. The van der Waals surface area contributed by atoms with E-state index in [1.165, 1.54) is 6.42 Å². The van der Waals surface area contributed by atoms with Crippen LogP contribution >= 0.6 is 22.6 Å². The number of carboxylic acid groups (broad SMARTS) is 1. The smallest absolute Gasteiger partial charge is 0.433 e. The van der Waals surface area contributed by atoms with Gasteiger partial charge in [-0.15, -0.1) is 0 Å². The van der Waals surface area contributed by atoms with Gasteiger partial charge in [0, 0.05) is 16.5 Å². The molecular formula is C28H37FIN7O2. The summed E-state index contributed by atoms with van der Waals surface area (Å²) >= 11 is 2.53. The Morgan fingerprint density at radius 2 is 1.95 bits per heavy atom. The van der Waals surface area contributed by atoms with E-state index in [9.17, 15) is 9.90 Å². The van der Waals surface area contributed by atoms with Crippen molar-refractivity contribution in [1.29, 1.82) is 0 Å². The first-order valence-corrected chi connectivity index (χ1v) is 15.1. The van der Waals surface area contributed by atoms with Crippen molar-refractivity contribution in [2.45, 2.75) is 80.6 Å². The van der Waals surface area contributed by atoms with E-state index in [-0.39, 0.29) is 17.7 Å². The lowest BCUT2D eigenvalue weighted by Gasteiger charge is -2.39. The van der Waals surface area contributed by atoms with Crippen LogP contribution < -0.4 is 21.3 Å². The molecule has 2 aromatic rings. The minimum atomic E-state index is -1.76. The first-order valence-electron chi connectivity index (χ1n) is 13.8. The molecule has 3 aliphatic rings. The molecule has 0 radical (unpaired) electrons. The summed E-state index contributed by atoms with van der Waals surface area (Å²) in [5, 5.41) is 16.1. The van der Waals surface area contributed by atoms with Gasteiger partial charge in [-0.3, -0.25) is 0 Å². The fourth-order valence-electron chi connectivity index (χ4n) is 5.93. The highest BCUT2D eigenvalue weighted by molar-refractivity contribution is 14.1. The van der Waals surface area contributed by atoms with Gasteiger partial charge < -0.3 is 26.4 Å². The Morgan fingerprint density at radius 1 is 1.26 bits per heavy atom. The van der Waals surface area contributed by atoms with Crippen LogP contribution in [0.25, 0.3) is 0 Å². The Balaban J connectivity index is 1.58. The van der Waals surface area contributed by atoms with Crippen molar-refractivity contribution in [3.8, 4) is 0 Å². The van der Waals surface area contributed by atoms with Crippen LogP contribution in [-0.2, 0) is 5.67 Å². The van der Waals surface area contributed by atoms with Gasteiger partial charge in [-0.2, -0.15) is 4.99 Å². The molecule has 0 saturated heterocycles. The molecule has 2 aliphatic carbocycles. The van der Waals surface area contributed by atoms with Gasteiger partial charge in [-0.25, -0.2) is 19.2 Å². The van der Waals surface area contributed by atoms with E-state index in [0.717, 1.165) is 38.5 Å². The van der Waals surface area contributed by atoms with Crippen molar-refractivity contribution in [1.82, 2.24) is 9.97 Å². The number of anilines is 3. The molecule has 5 rings (SSSR count). The Kier molecular flexibility index (Phi) is 8.16. The van der Waals surface area contributed by atoms with Gasteiger partial charge >= 0.3 is 6.09 Å². The number of halogens is 2. The molecule has 1 aromatic heterocycles. The Hall–Kier alpha value is -2.70. The average Bonchev–Trinajstić information content (AvgIpc) is 3.23. The number of amidine groups is 1. The maximum Gasteiger partial charge on any atom is 0.433 e. The molecule has 9 nitrogen and oxygen atoms in total. The second-order valence-electron chi connectivity index (χ2n) is 11.3. The normalized spacial score (nSPS) is 25.7. The second kappa shape index (κ2) is 11.4. The average molecular weight is 650 g/mol. The van der Waals surface area contributed by atoms with Crippen molar-refractivity contribution < 1.29 is 14.3 Å². The van der Waals surface area contributed by atoms with E-state index in [0.29, 0.717) is 45.2 Å². The van der Waals surface area contributed by atoms with Crippen LogP contribution in [0.15, 0.2) is 35.3 Å². The minimum absolute atomic E-state index is 0.00162. The van der Waals surface area contributed by atoms with Crippen LogP contribution in [-0.4, -0.2) is 49.7 Å². The predicted molar refractivity (Wildman–Crippen MR) is 161 cm³/mol. The molecule has 2 fully saturated rings. The standard InChI is InChI=1S/C28H37FIN7O2/c1-16(18-7-6-8-18)32-23-21-24(35-25(34-23)22(31)33-27(38)39)36-26(28(2,29)19-9-4-3-5-10-19)37(21)15-17-11-13-20(30)14-12-17/h3-5,9-10,16-18,20,26H,6-8,11-15H2,1-2H3,(H2,31,33)(H,38,39)(H2,32,34,35,36)/t16-,17?,20?,26?,28?/m1/s1. The van der Waals surface area contributed by atoms with E-state index >= 15 is 4.39 Å². The number of benzene rings is 1. The summed E-state index contributed by atoms with van der Waals surface area (Å²) in [6.07, 6.45) is 5.77. The van der Waals surface area contributed by atoms with E-state index in [4.69, 9.17) is 5.73 Å². The molecule has 0 bridgehead atoms. The third kappa shape index (κ3) is 5.92. The maximum absolute atomic E-state index is 16.9. The summed E-state index contributed by atoms with van der Waals surface area (Å²) in [5.74, 6) is 1.58. The highest BCUT2D eigenvalue weighted by Gasteiger charge is 2.47. The second-order valence-corrected chi connectivity index (χ2v) is 13.0. The fraction of sp³-hybridized carbons (Fsp3) is 0.571. The van der Waals surface area contributed by atoms with Crippen LogP contribution in [0, 0.1) is 11.8 Å². The first kappa shape index (κ1) is 27.9. The van der Waals surface area contributed by atoms with E-state index in [2.05, 4.69) is 60.0 Å². The molecule has 11 heteroatoms. The molecule has 1 aromatic carbocycles. The van der Waals surface area contributed by atoms with Crippen molar-refractivity contribution >= 4 is 51.8 Å². The van der Waals surface area contributed by atoms with Gasteiger partial charge in [0.1, 0.15) is 11.9 Å². The van der Waals surface area contributed by atoms with Crippen molar-refractivity contribution in [3.05, 3.63) is 41.7 Å². The Labute approximate surface area is 242 Å². The fourth-order valence-corrected chi connectivity index (χ4v) is 6.65. The number of aliphatic imine (C=N–C) groups is 1. The van der Waals surface area contributed by atoms with Crippen molar-refractivity contribution in [2.24, 2.45) is 22.6 Å². The van der Waals surface area contributed by atoms with Crippen LogP contribution in [0.4, 0.5) is 26.5 Å². The van der Waals surface area contributed by atoms with Gasteiger partial charge in [-0.05, 0) is 69.8 Å². The number of hydrogen-bond acceptors (Lipinski definition) is 6. The lowest BCUT2D eigenvalue weighted by Crippen LogP contribution is -2.50. The van der Waals surface area contributed by atoms with E-state index < -0.39 is 17.9 Å². The number of hydrogen-bond donors (Lipinski definition) is 4. The number of nitrogens with zero attached hydrogens (tertiary/aromatic N) is 4. The summed E-state index contributed by atoms with van der Waals surface area (Å²) in [6, 6.07) is 9.30. The highest BCUT2D eigenvalue weighted by atomic mass is 127. The number of aromatic nitrogens is 2. The quantitative estimate of drug-likeness (QED) is 0.121. The minimum Gasteiger partial charge on any atom is -0.463 e. The molecule has 1 aliphatic heterocycles. The predicted octanol–water partition coefficient (Wildman–Crippen LogP) is 5.90. The molecule has 2 unspecified atom stereocenters. The Morgan fingerprint density at radius 3 is 2.56 bits per heavy atom.